The normalized spacial score (nSPS) is 11.2. The van der Waals surface area contributed by atoms with Gasteiger partial charge in [0.15, 0.2) is 0 Å². The third-order valence-electron chi connectivity index (χ3n) is 6.17. The van der Waals surface area contributed by atoms with Crippen LogP contribution >= 0.6 is 0 Å². The van der Waals surface area contributed by atoms with E-state index in [0.717, 1.165) is 0 Å². The van der Waals surface area contributed by atoms with E-state index >= 15 is 0 Å². The van der Waals surface area contributed by atoms with Crippen molar-refractivity contribution >= 4 is 0 Å². The molecule has 0 bridgehead atoms. The average molecular weight is 643 g/mol. The van der Waals surface area contributed by atoms with Crippen molar-refractivity contribution in [2.75, 3.05) is 7.11 Å². The minimum Gasteiger partial charge on any atom is -0.379 e. The lowest BCUT2D eigenvalue weighted by Gasteiger charge is -2.34. The van der Waals surface area contributed by atoms with Crippen LogP contribution in [0.3, 0.4) is 0 Å². The van der Waals surface area contributed by atoms with E-state index in [0.29, 0.717) is 37.9 Å². The van der Waals surface area contributed by atoms with Crippen LogP contribution in [-0.2, 0) is 4.74 Å². The van der Waals surface area contributed by atoms with Crippen LogP contribution in [0.1, 0.15) is 238 Å². The van der Waals surface area contributed by atoms with Crippen LogP contribution in [0.2, 0.25) is 0 Å². The van der Waals surface area contributed by atoms with Gasteiger partial charge in [-0.15, -0.1) is 0 Å². The molecule has 0 aromatic carbocycles. The van der Waals surface area contributed by atoms with Crippen molar-refractivity contribution in [3.8, 4) is 0 Å². The highest BCUT2D eigenvalue weighted by Gasteiger charge is 2.27. The van der Waals surface area contributed by atoms with E-state index in [4.69, 9.17) is 4.74 Å². The molecule has 0 unspecified atom stereocenters. The van der Waals surface area contributed by atoms with Gasteiger partial charge < -0.3 is 4.74 Å². The highest BCUT2D eigenvalue weighted by Crippen LogP contribution is 2.37. The summed E-state index contributed by atoms with van der Waals surface area (Å²) in [4.78, 5) is 0. The van der Waals surface area contributed by atoms with Gasteiger partial charge in [-0.05, 0) is 58.7 Å². The summed E-state index contributed by atoms with van der Waals surface area (Å²) in [6.45, 7) is 59.8. The van der Waals surface area contributed by atoms with Crippen molar-refractivity contribution in [2.24, 2.45) is 37.9 Å². The minimum absolute atomic E-state index is 0. The predicted octanol–water partition coefficient (Wildman–Crippen LogP) is 18.0. The second-order valence-electron chi connectivity index (χ2n) is 20.2. The Hall–Kier alpha value is -0.0400. The molecule has 0 aliphatic carbocycles. The second-order valence-corrected chi connectivity index (χ2v) is 20.2. The maximum Gasteiger partial charge on any atom is 0.0594 e. The molecule has 0 aliphatic heterocycles. The molecular weight excluding hydrogens is 532 g/mol. The number of hydrogen-bond acceptors (Lipinski definition) is 1. The van der Waals surface area contributed by atoms with Gasteiger partial charge in [0, 0.05) is 7.11 Å². The Kier molecular flexibility index (Phi) is 54.7. The van der Waals surface area contributed by atoms with Crippen LogP contribution in [0.15, 0.2) is 0 Å². The first-order valence-corrected chi connectivity index (χ1v) is 15.2. The van der Waals surface area contributed by atoms with Gasteiger partial charge >= 0.3 is 0 Å². The zero-order chi connectivity index (χ0) is 33.4. The summed E-state index contributed by atoms with van der Waals surface area (Å²) in [5.74, 6) is 0. The second kappa shape index (κ2) is 30.3. The molecule has 0 aromatic heterocycles. The lowest BCUT2D eigenvalue weighted by atomic mass is 9.71. The van der Waals surface area contributed by atoms with Crippen LogP contribution in [0.5, 0.6) is 0 Å². The fraction of sp³-hybridized carbons (Fsp3) is 1.00. The Labute approximate surface area is 292 Å². The van der Waals surface area contributed by atoms with Crippen LogP contribution in [-0.4, -0.2) is 12.7 Å². The maximum absolute atomic E-state index is 4.94. The van der Waals surface area contributed by atoms with Gasteiger partial charge in [-0.2, -0.15) is 0 Å². The van der Waals surface area contributed by atoms with E-state index in [-0.39, 0.29) is 50.2 Å². The van der Waals surface area contributed by atoms with Gasteiger partial charge in [0.25, 0.3) is 0 Å². The summed E-state index contributed by atoms with van der Waals surface area (Å²) in [5, 5.41) is 0. The fourth-order valence-electron chi connectivity index (χ4n) is 0. The molecule has 0 heterocycles. The highest BCUT2D eigenvalue weighted by molar-refractivity contribution is 4.77. The number of ether oxygens (including phenoxy) is 1. The lowest BCUT2D eigenvalue weighted by molar-refractivity contribution is 0.0397. The molecule has 0 radical (unpaired) electrons. The van der Waals surface area contributed by atoms with Gasteiger partial charge in [0.1, 0.15) is 0 Å². The first-order valence-electron chi connectivity index (χ1n) is 15.2. The van der Waals surface area contributed by atoms with Gasteiger partial charge in [-0.3, -0.25) is 0 Å². The van der Waals surface area contributed by atoms with Crippen LogP contribution in [0, 0.1) is 37.9 Å². The molecule has 0 rings (SSSR count). The minimum atomic E-state index is 0. The Morgan fingerprint density at radius 3 is 0.386 bits per heavy atom. The van der Waals surface area contributed by atoms with Gasteiger partial charge in [0.2, 0.25) is 0 Å². The average Bonchev–Trinajstić information content (AvgIpc) is 2.48. The molecule has 44 heavy (non-hydrogen) atoms. The highest BCUT2D eigenvalue weighted by atomic mass is 16.5. The number of methoxy groups -OCH3 is 1. The summed E-state index contributed by atoms with van der Waals surface area (Å²) in [7, 11) is 1.71. The maximum atomic E-state index is 4.94. The quantitative estimate of drug-likeness (QED) is 0.255. The third-order valence-corrected chi connectivity index (χ3v) is 6.17. The van der Waals surface area contributed by atoms with E-state index in [1.165, 1.54) is 6.42 Å². The molecule has 0 aromatic rings. The van der Waals surface area contributed by atoms with E-state index in [1.54, 1.807) is 7.11 Å². The molecular formula is C43H110O. The van der Waals surface area contributed by atoms with Crippen LogP contribution < -0.4 is 0 Å². The molecule has 0 aliphatic rings. The van der Waals surface area contributed by atoms with Crippen molar-refractivity contribution in [2.45, 2.75) is 244 Å². The largest absolute Gasteiger partial charge is 0.379 e. The first-order chi connectivity index (χ1) is 15.6. The standard InChI is InChI=1S/2C8H18.C6H14.C5H12O.2C5H12.6CH4/c2*1-7(2,3)8(4,5)6;1-5-6(2,3)4;1-5(2,3)6-4;2*1-5(2,3)4;;;;;;/h2*1-6H3;5H2,1-4H3;1-4H3;2*1-4H3;6*1H4. The van der Waals surface area contributed by atoms with Crippen molar-refractivity contribution in [3.05, 3.63) is 0 Å². The zero-order valence-corrected chi connectivity index (χ0v) is 33.1. The molecule has 0 saturated carbocycles. The van der Waals surface area contributed by atoms with E-state index in [1.807, 2.05) is 20.8 Å². The van der Waals surface area contributed by atoms with Crippen molar-refractivity contribution in [1.29, 1.82) is 0 Å². The molecule has 0 fully saturated rings. The van der Waals surface area contributed by atoms with Gasteiger partial charge in [0.05, 0.1) is 5.60 Å². The van der Waals surface area contributed by atoms with Crippen molar-refractivity contribution in [3.63, 3.8) is 0 Å². The first kappa shape index (κ1) is 79.4. The summed E-state index contributed by atoms with van der Waals surface area (Å²) in [5.41, 5.74) is 3.33. The lowest BCUT2D eigenvalue weighted by Crippen LogP contribution is -2.25. The Bertz CT molecular complexity index is 409. The van der Waals surface area contributed by atoms with E-state index in [2.05, 4.69) is 166 Å². The molecule has 0 N–H and O–H groups in total. The smallest absolute Gasteiger partial charge is 0.0594 e. The predicted molar refractivity (Wildman–Crippen MR) is 225 cm³/mol. The molecule has 0 amide bonds. The van der Waals surface area contributed by atoms with Gasteiger partial charge in [-0.1, -0.05) is 217 Å². The summed E-state index contributed by atoms with van der Waals surface area (Å²) >= 11 is 0. The third kappa shape index (κ3) is 123. The monoisotopic (exact) mass is 643 g/mol. The molecule has 1 heteroatoms. The van der Waals surface area contributed by atoms with Crippen molar-refractivity contribution in [1.82, 2.24) is 0 Å². The van der Waals surface area contributed by atoms with E-state index in [9.17, 15) is 0 Å². The molecule has 288 valence electrons. The van der Waals surface area contributed by atoms with E-state index < -0.39 is 0 Å². The number of hydrogen-bond donors (Lipinski definition) is 0. The molecule has 0 spiro atoms. The fourth-order valence-corrected chi connectivity index (χ4v) is 0. The molecule has 0 saturated heterocycles. The van der Waals surface area contributed by atoms with Crippen LogP contribution in [0.25, 0.3) is 0 Å². The summed E-state index contributed by atoms with van der Waals surface area (Å²) in [6, 6.07) is 0. The van der Waals surface area contributed by atoms with Gasteiger partial charge in [-0.25, -0.2) is 0 Å². The topological polar surface area (TPSA) is 9.23 Å². The molecule has 1 nitrogen and oxygen atoms in total. The zero-order valence-electron chi connectivity index (χ0n) is 33.1. The Morgan fingerprint density at radius 1 is 0.318 bits per heavy atom. The summed E-state index contributed by atoms with van der Waals surface area (Å²) in [6.07, 6.45) is 1.27. The number of rotatable bonds is 0. The SMILES string of the molecule is C.C.C.C.C.C.CC(C)(C)C.CC(C)(C)C.CC(C)(C)C(C)(C)C.CC(C)(C)C(C)(C)C.CCC(C)(C)C.COC(C)(C)C. The molecule has 0 atom stereocenters. The Balaban J connectivity index is -0.0000000274. The van der Waals surface area contributed by atoms with Crippen LogP contribution in [0.4, 0.5) is 0 Å². The Morgan fingerprint density at radius 2 is 0.386 bits per heavy atom. The van der Waals surface area contributed by atoms with Crippen molar-refractivity contribution < 1.29 is 4.74 Å². The summed E-state index contributed by atoms with van der Waals surface area (Å²) < 4.78 is 4.94.